The van der Waals surface area contributed by atoms with Crippen LogP contribution in [0.25, 0.3) is 0 Å². The van der Waals surface area contributed by atoms with E-state index in [4.69, 9.17) is 0 Å². The molecule has 1 fully saturated rings. The number of amides is 2. The average molecular weight is 436 g/mol. The fraction of sp³-hybridized carbons (Fsp3) is 0.364. The van der Waals surface area contributed by atoms with Crippen LogP contribution in [0.5, 0.6) is 0 Å². The minimum Gasteiger partial charge on any atom is -0.350 e. The van der Waals surface area contributed by atoms with Crippen LogP contribution in [-0.4, -0.2) is 49.4 Å². The van der Waals surface area contributed by atoms with Gasteiger partial charge in [-0.15, -0.1) is 0 Å². The Morgan fingerprint density at radius 1 is 1.06 bits per heavy atom. The molecule has 0 spiro atoms. The number of likely N-dealkylation sites (N-methyl/N-ethyl adjacent to an activating group) is 1. The van der Waals surface area contributed by atoms with Crippen molar-refractivity contribution in [3.63, 3.8) is 0 Å². The Labute approximate surface area is 179 Å². The summed E-state index contributed by atoms with van der Waals surface area (Å²) in [4.78, 5) is 25.7. The summed E-state index contributed by atoms with van der Waals surface area (Å²) in [6.45, 7) is 6.33. The number of nitrogens with one attached hydrogen (secondary N) is 3. The Balaban J connectivity index is 0.00000166. The summed E-state index contributed by atoms with van der Waals surface area (Å²) >= 11 is 0. The van der Waals surface area contributed by atoms with Gasteiger partial charge < -0.3 is 20.9 Å². The summed E-state index contributed by atoms with van der Waals surface area (Å²) in [5.41, 5.74) is 0.0373. The summed E-state index contributed by atoms with van der Waals surface area (Å²) in [6.07, 6.45) is 0. The molecule has 2 aromatic carbocycles. The third-order valence-corrected chi connectivity index (χ3v) is 4.58. The van der Waals surface area contributed by atoms with Crippen molar-refractivity contribution in [1.29, 1.82) is 0 Å². The Morgan fingerprint density at radius 3 is 2.35 bits per heavy atom. The van der Waals surface area contributed by atoms with Gasteiger partial charge in [-0.05, 0) is 43.8 Å². The van der Waals surface area contributed by atoms with E-state index in [1.54, 1.807) is 20.0 Å². The van der Waals surface area contributed by atoms with Gasteiger partial charge in [-0.25, -0.2) is 13.2 Å². The Morgan fingerprint density at radius 2 is 1.74 bits per heavy atom. The molecule has 0 aliphatic carbocycles. The first-order valence-corrected chi connectivity index (χ1v) is 10.0. The number of nitrogens with zero attached hydrogens (tertiary/aromatic N) is 1. The number of hydrogen-bond donors (Lipinski definition) is 3. The van der Waals surface area contributed by atoms with Gasteiger partial charge in [0.2, 0.25) is 5.91 Å². The maximum absolute atomic E-state index is 14.4. The summed E-state index contributed by atoms with van der Waals surface area (Å²) in [6, 6.07) is 6.04. The number of carbonyl (C=O) groups is 2. The molecule has 0 radical (unpaired) electrons. The zero-order chi connectivity index (χ0) is 23.1. The van der Waals surface area contributed by atoms with Crippen molar-refractivity contribution >= 4 is 23.2 Å². The number of aryl methyl sites for hydroxylation is 1. The van der Waals surface area contributed by atoms with Crippen molar-refractivity contribution in [1.82, 2.24) is 15.5 Å². The van der Waals surface area contributed by atoms with Crippen LogP contribution in [0.15, 0.2) is 30.3 Å². The van der Waals surface area contributed by atoms with Crippen LogP contribution in [-0.2, 0) is 4.79 Å². The molecule has 1 aliphatic rings. The number of likely N-dealkylation sites (tertiary alicyclic amines) is 1. The minimum atomic E-state index is -1.27. The van der Waals surface area contributed by atoms with E-state index in [1.165, 1.54) is 17.0 Å². The molecule has 0 saturated carbocycles. The molecule has 168 valence electrons. The minimum absolute atomic E-state index is 0.0741. The lowest BCUT2D eigenvalue weighted by molar-refractivity contribution is -0.121. The highest BCUT2D eigenvalue weighted by atomic mass is 19.2. The van der Waals surface area contributed by atoms with Crippen molar-refractivity contribution in [3.8, 4) is 0 Å². The van der Waals surface area contributed by atoms with Crippen molar-refractivity contribution < 1.29 is 22.8 Å². The number of rotatable bonds is 6. The molecule has 0 unspecified atom stereocenters. The molecule has 9 heteroatoms. The first kappa shape index (κ1) is 24.2. The summed E-state index contributed by atoms with van der Waals surface area (Å²) in [7, 11) is 1.64. The average Bonchev–Trinajstić information content (AvgIpc) is 2.71. The van der Waals surface area contributed by atoms with Crippen LogP contribution < -0.4 is 16.0 Å². The summed E-state index contributed by atoms with van der Waals surface area (Å²) in [5.74, 6) is -3.82. The van der Waals surface area contributed by atoms with Gasteiger partial charge in [0.25, 0.3) is 5.91 Å². The number of hydrogen-bond acceptors (Lipinski definition) is 4. The second kappa shape index (κ2) is 10.8. The molecular weight excluding hydrogens is 409 g/mol. The molecule has 3 N–H and O–H groups in total. The lowest BCUT2D eigenvalue weighted by Gasteiger charge is -2.39. The molecule has 0 aromatic heterocycles. The van der Waals surface area contributed by atoms with E-state index < -0.39 is 29.0 Å². The van der Waals surface area contributed by atoms with Gasteiger partial charge in [0.05, 0.1) is 29.5 Å². The maximum atomic E-state index is 14.4. The molecule has 1 heterocycles. The second-order valence-electron chi connectivity index (χ2n) is 6.90. The smallest absolute Gasteiger partial charge is 0.256 e. The Hall–Kier alpha value is -3.07. The SMILES string of the molecule is CC.CNCC(=O)NC1CN(C(=O)c2ccc(F)c(F)c2Nc2ccc(C)cc2F)C1. The summed E-state index contributed by atoms with van der Waals surface area (Å²) in [5, 5.41) is 7.97. The van der Waals surface area contributed by atoms with E-state index in [0.29, 0.717) is 5.56 Å². The second-order valence-corrected chi connectivity index (χ2v) is 6.90. The zero-order valence-electron chi connectivity index (χ0n) is 18.0. The monoisotopic (exact) mass is 436 g/mol. The maximum Gasteiger partial charge on any atom is 0.256 e. The molecule has 0 atom stereocenters. The van der Waals surface area contributed by atoms with E-state index >= 15 is 0 Å². The first-order valence-electron chi connectivity index (χ1n) is 10.0. The molecule has 6 nitrogen and oxygen atoms in total. The van der Waals surface area contributed by atoms with Gasteiger partial charge in [-0.2, -0.15) is 0 Å². The van der Waals surface area contributed by atoms with Gasteiger partial charge in [0.1, 0.15) is 5.82 Å². The van der Waals surface area contributed by atoms with E-state index in [-0.39, 0.29) is 42.8 Å². The van der Waals surface area contributed by atoms with Gasteiger partial charge in [0.15, 0.2) is 11.6 Å². The molecule has 1 saturated heterocycles. The fourth-order valence-corrected chi connectivity index (χ4v) is 3.05. The lowest BCUT2D eigenvalue weighted by atomic mass is 10.0. The highest BCUT2D eigenvalue weighted by molar-refractivity contribution is 6.01. The molecule has 0 bridgehead atoms. The standard InChI is InChI=1S/C20H21F3N4O2.C2H6/c1-11-3-6-16(15(22)7-11)26-19-13(4-5-14(21)18(19)23)20(29)27-9-12(10-27)25-17(28)8-24-2;1-2/h3-7,12,24,26H,8-10H2,1-2H3,(H,25,28);1-2H3. The largest absolute Gasteiger partial charge is 0.350 e. The van der Waals surface area contributed by atoms with Crippen molar-refractivity contribution in [3.05, 3.63) is 58.9 Å². The van der Waals surface area contributed by atoms with E-state index in [9.17, 15) is 22.8 Å². The first-order chi connectivity index (χ1) is 14.8. The molecule has 2 aromatic rings. The molecule has 1 aliphatic heterocycles. The third kappa shape index (κ3) is 5.75. The van der Waals surface area contributed by atoms with Crippen LogP contribution in [0, 0.1) is 24.4 Å². The molecular formula is C22H27F3N4O2. The van der Waals surface area contributed by atoms with Crippen LogP contribution in [0.4, 0.5) is 24.5 Å². The Kier molecular flexibility index (Phi) is 8.44. The van der Waals surface area contributed by atoms with E-state index in [2.05, 4.69) is 16.0 Å². The highest BCUT2D eigenvalue weighted by Gasteiger charge is 2.34. The van der Waals surface area contributed by atoms with Gasteiger partial charge in [0, 0.05) is 13.1 Å². The zero-order valence-corrected chi connectivity index (χ0v) is 18.0. The highest BCUT2D eigenvalue weighted by Crippen LogP contribution is 2.30. The molecule has 3 rings (SSSR count). The normalized spacial score (nSPS) is 13.1. The van der Waals surface area contributed by atoms with Crippen LogP contribution >= 0.6 is 0 Å². The number of carbonyl (C=O) groups excluding carboxylic acids is 2. The van der Waals surface area contributed by atoms with Crippen molar-refractivity contribution in [2.24, 2.45) is 0 Å². The van der Waals surface area contributed by atoms with E-state index in [0.717, 1.165) is 12.1 Å². The number of anilines is 2. The van der Waals surface area contributed by atoms with Crippen molar-refractivity contribution in [2.45, 2.75) is 26.8 Å². The Bertz CT molecular complexity index is 947. The third-order valence-electron chi connectivity index (χ3n) is 4.58. The van der Waals surface area contributed by atoms with Crippen LogP contribution in [0.2, 0.25) is 0 Å². The summed E-state index contributed by atoms with van der Waals surface area (Å²) < 4.78 is 42.4. The number of halogens is 3. The number of benzene rings is 2. The van der Waals surface area contributed by atoms with Crippen LogP contribution in [0.1, 0.15) is 29.8 Å². The lowest BCUT2D eigenvalue weighted by Crippen LogP contribution is -2.61. The molecule has 31 heavy (non-hydrogen) atoms. The van der Waals surface area contributed by atoms with Crippen molar-refractivity contribution in [2.75, 3.05) is 32.0 Å². The molecule has 2 amide bonds. The fourth-order valence-electron chi connectivity index (χ4n) is 3.05. The topological polar surface area (TPSA) is 73.5 Å². The predicted octanol–water partition coefficient (Wildman–Crippen LogP) is 3.34. The van der Waals surface area contributed by atoms with E-state index in [1.807, 2.05) is 13.8 Å². The van der Waals surface area contributed by atoms with Gasteiger partial charge in [-0.1, -0.05) is 19.9 Å². The van der Waals surface area contributed by atoms with Gasteiger partial charge in [-0.3, -0.25) is 9.59 Å². The van der Waals surface area contributed by atoms with Gasteiger partial charge >= 0.3 is 0 Å². The predicted molar refractivity (Wildman–Crippen MR) is 114 cm³/mol. The van der Waals surface area contributed by atoms with Crippen LogP contribution in [0.3, 0.4) is 0 Å². The quantitative estimate of drug-likeness (QED) is 0.650.